The van der Waals surface area contributed by atoms with Gasteiger partial charge in [0.25, 0.3) is 11.5 Å². The third-order valence-corrected chi connectivity index (χ3v) is 10.1. The van der Waals surface area contributed by atoms with Gasteiger partial charge in [-0.1, -0.05) is 6.42 Å². The minimum atomic E-state index is -0.947. The number of hydrogen-bond donors (Lipinski definition) is 3. The molecular formula is C29H44N6O6. The number of nitrogen functional groups attached to an aromatic ring is 1. The lowest BCUT2D eigenvalue weighted by molar-refractivity contribution is -0.133. The van der Waals surface area contributed by atoms with Crippen LogP contribution in [0.15, 0.2) is 9.59 Å². The number of likely N-dealkylation sites (N-methyl/N-ethyl adjacent to an activating group) is 1. The molecule has 2 aliphatic heterocycles. The number of aromatic nitrogens is 2. The largest absolute Gasteiger partial charge is 0.494 e. The van der Waals surface area contributed by atoms with Crippen molar-refractivity contribution in [2.24, 2.45) is 23.5 Å². The van der Waals surface area contributed by atoms with E-state index >= 15 is 0 Å². The van der Waals surface area contributed by atoms with E-state index in [1.807, 2.05) is 13.8 Å². The molecule has 12 heteroatoms. The second kappa shape index (κ2) is 11.3. The van der Waals surface area contributed by atoms with Crippen LogP contribution in [0.5, 0.6) is 5.88 Å². The summed E-state index contributed by atoms with van der Waals surface area (Å²) in [5.74, 6) is -0.617. The Morgan fingerprint density at radius 1 is 1.02 bits per heavy atom. The Labute approximate surface area is 239 Å². The van der Waals surface area contributed by atoms with Crippen molar-refractivity contribution >= 4 is 17.8 Å². The Morgan fingerprint density at radius 2 is 1.71 bits per heavy atom. The first-order chi connectivity index (χ1) is 19.4. The molecule has 226 valence electrons. The Morgan fingerprint density at radius 3 is 2.29 bits per heavy atom. The number of amidine groups is 1. The van der Waals surface area contributed by atoms with Crippen LogP contribution >= 0.6 is 0 Å². The Bertz CT molecular complexity index is 1330. The van der Waals surface area contributed by atoms with E-state index in [2.05, 4.69) is 0 Å². The zero-order valence-corrected chi connectivity index (χ0v) is 24.4. The number of urea groups is 1. The van der Waals surface area contributed by atoms with E-state index in [9.17, 15) is 24.3 Å². The van der Waals surface area contributed by atoms with Crippen molar-refractivity contribution in [2.45, 2.75) is 102 Å². The van der Waals surface area contributed by atoms with Crippen molar-refractivity contribution in [3.05, 3.63) is 26.4 Å². The molecule has 4 N–H and O–H groups in total. The second-order valence-corrected chi connectivity index (χ2v) is 13.0. The summed E-state index contributed by atoms with van der Waals surface area (Å²) in [5.41, 5.74) is 3.12. The van der Waals surface area contributed by atoms with Crippen molar-refractivity contribution in [3.8, 4) is 5.88 Å². The summed E-state index contributed by atoms with van der Waals surface area (Å²) < 4.78 is 8.07. The van der Waals surface area contributed by atoms with Gasteiger partial charge in [0.2, 0.25) is 5.88 Å². The standard InChI is InChI=1S/C29H44N6O6/c1-17-13-20(11-12-41-17)16-34-27(39)32(3)26(38)29(34,2)14-18-7-9-21(10-8-18)35-25(37)22(23(30)31)24(36)33(28(35)40)15-19-5-4-6-19/h17-21,36H,4-16H2,1-3H3,(H3,30,31)/t17?,18?,20?,21?,29-/m0/s1. The lowest BCUT2D eigenvalue weighted by Crippen LogP contribution is -2.51. The summed E-state index contributed by atoms with van der Waals surface area (Å²) in [4.78, 5) is 56.4. The number of hydrogen-bond acceptors (Lipinski definition) is 7. The number of nitrogens with one attached hydrogen (secondary N) is 1. The highest BCUT2D eigenvalue weighted by molar-refractivity contribution is 6.06. The fraction of sp³-hybridized carbons (Fsp3) is 0.759. The fourth-order valence-corrected chi connectivity index (χ4v) is 7.43. The van der Waals surface area contributed by atoms with Gasteiger partial charge in [-0.15, -0.1) is 0 Å². The topological polar surface area (TPSA) is 164 Å². The molecule has 1 aromatic rings. The minimum absolute atomic E-state index is 0.131. The molecule has 3 heterocycles. The van der Waals surface area contributed by atoms with Crippen LogP contribution in [0.4, 0.5) is 4.79 Å². The first kappa shape index (κ1) is 29.3. The Hall–Kier alpha value is -3.15. The fourth-order valence-electron chi connectivity index (χ4n) is 7.43. The van der Waals surface area contributed by atoms with Gasteiger partial charge < -0.3 is 20.5 Å². The van der Waals surface area contributed by atoms with Gasteiger partial charge in [-0.2, -0.15) is 0 Å². The zero-order chi connectivity index (χ0) is 29.6. The van der Waals surface area contributed by atoms with Crippen LogP contribution in [0.1, 0.15) is 89.7 Å². The number of rotatable bonds is 8. The molecule has 0 spiro atoms. The third kappa shape index (κ3) is 5.30. The SMILES string of the molecule is CC1CC(CN2C(=O)N(C)C(=O)[C@]2(C)CC2CCC(n3c(=O)c(C(=N)N)c(O)n(CC4CCC4)c3=O)CC2)CCO1. The van der Waals surface area contributed by atoms with E-state index in [1.165, 1.54) is 14.0 Å². The number of ether oxygens (including phenoxy) is 1. The zero-order valence-electron chi connectivity index (χ0n) is 24.4. The molecule has 2 unspecified atom stereocenters. The maximum Gasteiger partial charge on any atom is 0.334 e. The number of aromatic hydroxyl groups is 1. The number of imide groups is 1. The van der Waals surface area contributed by atoms with Crippen LogP contribution in [0.25, 0.3) is 0 Å². The van der Waals surface area contributed by atoms with Gasteiger partial charge in [0.05, 0.1) is 6.10 Å². The van der Waals surface area contributed by atoms with Gasteiger partial charge in [0, 0.05) is 32.8 Å². The molecule has 3 atom stereocenters. The van der Waals surface area contributed by atoms with Gasteiger partial charge in [-0.05, 0) is 89.4 Å². The quantitative estimate of drug-likeness (QED) is 0.244. The van der Waals surface area contributed by atoms with E-state index in [1.54, 1.807) is 11.9 Å². The van der Waals surface area contributed by atoms with E-state index in [4.69, 9.17) is 15.9 Å². The first-order valence-electron chi connectivity index (χ1n) is 15.1. The molecule has 12 nitrogen and oxygen atoms in total. The Balaban J connectivity index is 1.33. The van der Waals surface area contributed by atoms with Crippen LogP contribution in [-0.2, 0) is 16.1 Å². The van der Waals surface area contributed by atoms with E-state index in [0.717, 1.165) is 32.1 Å². The monoisotopic (exact) mass is 572 g/mol. The van der Waals surface area contributed by atoms with Crippen LogP contribution in [0.2, 0.25) is 0 Å². The summed E-state index contributed by atoms with van der Waals surface area (Å²) in [6.07, 6.45) is 7.76. The van der Waals surface area contributed by atoms with Crippen molar-refractivity contribution in [3.63, 3.8) is 0 Å². The van der Waals surface area contributed by atoms with E-state index in [0.29, 0.717) is 51.8 Å². The first-order valence-corrected chi connectivity index (χ1v) is 15.1. The summed E-state index contributed by atoms with van der Waals surface area (Å²) in [7, 11) is 1.55. The average Bonchev–Trinajstić information content (AvgIpc) is 3.04. The maximum absolute atomic E-state index is 13.5. The summed E-state index contributed by atoms with van der Waals surface area (Å²) in [6.45, 7) is 5.38. The number of carbonyl (C=O) groups excluding carboxylic acids is 2. The van der Waals surface area contributed by atoms with Gasteiger partial charge in [0.15, 0.2) is 0 Å². The van der Waals surface area contributed by atoms with Gasteiger partial charge in [-0.3, -0.25) is 29.0 Å². The number of nitrogens with zero attached hydrogens (tertiary/aromatic N) is 4. The predicted octanol–water partition coefficient (Wildman–Crippen LogP) is 2.39. The highest BCUT2D eigenvalue weighted by atomic mass is 16.5. The molecule has 1 aromatic heterocycles. The lowest BCUT2D eigenvalue weighted by atomic mass is 9.77. The molecule has 2 saturated heterocycles. The molecule has 2 saturated carbocycles. The highest BCUT2D eigenvalue weighted by Crippen LogP contribution is 2.41. The molecule has 0 aromatic carbocycles. The Kier molecular flexibility index (Phi) is 8.06. The van der Waals surface area contributed by atoms with Crippen molar-refractivity contribution < 1.29 is 19.4 Å². The predicted molar refractivity (Wildman–Crippen MR) is 152 cm³/mol. The second-order valence-electron chi connectivity index (χ2n) is 13.0. The molecule has 5 rings (SSSR count). The molecule has 0 radical (unpaired) electrons. The smallest absolute Gasteiger partial charge is 0.334 e. The third-order valence-electron chi connectivity index (χ3n) is 10.1. The highest BCUT2D eigenvalue weighted by Gasteiger charge is 2.54. The number of nitrogens with two attached hydrogens (primary N) is 1. The number of amides is 3. The number of carbonyl (C=O) groups is 2. The van der Waals surface area contributed by atoms with Crippen LogP contribution in [0.3, 0.4) is 0 Å². The lowest BCUT2D eigenvalue weighted by Gasteiger charge is -2.40. The summed E-state index contributed by atoms with van der Waals surface area (Å²) >= 11 is 0. The molecule has 4 fully saturated rings. The van der Waals surface area contributed by atoms with Gasteiger partial charge >= 0.3 is 11.7 Å². The van der Waals surface area contributed by atoms with Crippen molar-refractivity contribution in [2.75, 3.05) is 20.2 Å². The van der Waals surface area contributed by atoms with Crippen molar-refractivity contribution in [1.82, 2.24) is 18.9 Å². The average molecular weight is 573 g/mol. The van der Waals surface area contributed by atoms with Crippen LogP contribution < -0.4 is 17.0 Å². The molecule has 3 amide bonds. The molecule has 41 heavy (non-hydrogen) atoms. The van der Waals surface area contributed by atoms with Gasteiger partial charge in [-0.25, -0.2) is 9.59 Å². The van der Waals surface area contributed by atoms with Gasteiger partial charge in [0.1, 0.15) is 16.9 Å². The summed E-state index contributed by atoms with van der Waals surface area (Å²) in [6, 6.07) is -0.654. The van der Waals surface area contributed by atoms with Crippen LogP contribution in [0, 0.1) is 23.2 Å². The normalized spacial score (nSPS) is 31.0. The molecule has 0 bridgehead atoms. The van der Waals surface area contributed by atoms with E-state index in [-0.39, 0.29) is 41.4 Å². The molecular weight excluding hydrogens is 528 g/mol. The van der Waals surface area contributed by atoms with Crippen molar-refractivity contribution in [1.29, 1.82) is 5.41 Å². The summed E-state index contributed by atoms with van der Waals surface area (Å²) in [5, 5.41) is 18.6. The van der Waals surface area contributed by atoms with E-state index < -0.39 is 34.5 Å². The molecule has 4 aliphatic rings. The molecule has 2 aliphatic carbocycles. The maximum atomic E-state index is 13.5. The van der Waals surface area contributed by atoms with Crippen LogP contribution in [-0.4, -0.2) is 73.7 Å². The minimum Gasteiger partial charge on any atom is -0.494 e.